The number of carboxylic acid groups (broad SMARTS) is 2. The van der Waals surface area contributed by atoms with Gasteiger partial charge < -0.3 is 15.9 Å². The Morgan fingerprint density at radius 2 is 1.19 bits per heavy atom. The standard InChI is InChI=1S/C20H24N2O4/c21-11-12-22(17(13-19(23)24)15-7-3-1-4-8-15)18(14-20(25)26)16-9-5-2-6-10-16/h1-10,17-18H,11-14,21H2,(H,23,24)(H,25,26). The van der Waals surface area contributed by atoms with Gasteiger partial charge in [-0.3, -0.25) is 14.5 Å². The quantitative estimate of drug-likeness (QED) is 0.605. The molecule has 138 valence electrons. The molecule has 2 atom stereocenters. The largest absolute Gasteiger partial charge is 0.481 e. The van der Waals surface area contributed by atoms with Crippen LogP contribution in [0, 0.1) is 0 Å². The average Bonchev–Trinajstić information content (AvgIpc) is 2.64. The summed E-state index contributed by atoms with van der Waals surface area (Å²) in [6.45, 7) is 0.686. The van der Waals surface area contributed by atoms with Crippen molar-refractivity contribution in [2.75, 3.05) is 13.1 Å². The molecule has 0 aliphatic rings. The smallest absolute Gasteiger partial charge is 0.305 e. The van der Waals surface area contributed by atoms with Crippen molar-refractivity contribution in [3.63, 3.8) is 0 Å². The molecule has 2 aromatic carbocycles. The highest BCUT2D eigenvalue weighted by atomic mass is 16.4. The predicted molar refractivity (Wildman–Crippen MR) is 98.6 cm³/mol. The van der Waals surface area contributed by atoms with Crippen LogP contribution in [0.15, 0.2) is 60.7 Å². The monoisotopic (exact) mass is 356 g/mol. The Kier molecular flexibility index (Phi) is 7.32. The van der Waals surface area contributed by atoms with Gasteiger partial charge in [-0.05, 0) is 11.1 Å². The third kappa shape index (κ3) is 5.40. The topological polar surface area (TPSA) is 104 Å². The van der Waals surface area contributed by atoms with E-state index in [1.54, 1.807) is 0 Å². The first-order chi connectivity index (χ1) is 12.5. The van der Waals surface area contributed by atoms with Crippen molar-refractivity contribution in [3.8, 4) is 0 Å². The van der Waals surface area contributed by atoms with Crippen molar-refractivity contribution in [1.29, 1.82) is 0 Å². The van der Waals surface area contributed by atoms with E-state index >= 15 is 0 Å². The summed E-state index contributed by atoms with van der Waals surface area (Å²) in [5.74, 6) is -1.88. The molecule has 0 aliphatic heterocycles. The zero-order valence-electron chi connectivity index (χ0n) is 14.5. The summed E-state index contributed by atoms with van der Waals surface area (Å²) in [5.41, 5.74) is 7.44. The van der Waals surface area contributed by atoms with Gasteiger partial charge in [-0.1, -0.05) is 60.7 Å². The highest BCUT2D eigenvalue weighted by Crippen LogP contribution is 2.34. The molecule has 4 N–H and O–H groups in total. The van der Waals surface area contributed by atoms with Crippen LogP contribution in [0.2, 0.25) is 0 Å². The molecule has 0 bridgehead atoms. The van der Waals surface area contributed by atoms with Crippen molar-refractivity contribution in [3.05, 3.63) is 71.8 Å². The molecule has 6 heteroatoms. The first kappa shape index (κ1) is 19.6. The average molecular weight is 356 g/mol. The Morgan fingerprint density at radius 3 is 1.50 bits per heavy atom. The van der Waals surface area contributed by atoms with E-state index in [9.17, 15) is 19.8 Å². The summed E-state index contributed by atoms with van der Waals surface area (Å²) in [4.78, 5) is 24.9. The van der Waals surface area contributed by atoms with Crippen LogP contribution >= 0.6 is 0 Å². The van der Waals surface area contributed by atoms with Crippen molar-refractivity contribution in [1.82, 2.24) is 4.90 Å². The number of rotatable bonds is 10. The zero-order valence-corrected chi connectivity index (χ0v) is 14.5. The molecular weight excluding hydrogens is 332 g/mol. The Labute approximate surface area is 152 Å². The molecule has 0 saturated heterocycles. The maximum atomic E-state index is 11.5. The SMILES string of the molecule is NCCN(C(CC(=O)O)c1ccccc1)C(CC(=O)O)c1ccccc1. The Bertz CT molecular complexity index is 647. The van der Waals surface area contributed by atoms with Crippen LogP contribution in [0.25, 0.3) is 0 Å². The van der Waals surface area contributed by atoms with Gasteiger partial charge in [-0.15, -0.1) is 0 Å². The molecule has 0 saturated carbocycles. The lowest BCUT2D eigenvalue weighted by Gasteiger charge is -2.37. The van der Waals surface area contributed by atoms with Crippen LogP contribution in [-0.4, -0.2) is 40.1 Å². The number of benzene rings is 2. The van der Waals surface area contributed by atoms with Gasteiger partial charge >= 0.3 is 11.9 Å². The maximum absolute atomic E-state index is 11.5. The van der Waals surface area contributed by atoms with Gasteiger partial charge in [-0.2, -0.15) is 0 Å². The second-order valence-corrected chi connectivity index (χ2v) is 6.08. The number of nitrogens with two attached hydrogens (primary N) is 1. The highest BCUT2D eigenvalue weighted by Gasteiger charge is 2.31. The van der Waals surface area contributed by atoms with Crippen molar-refractivity contribution < 1.29 is 19.8 Å². The molecule has 0 heterocycles. The van der Waals surface area contributed by atoms with E-state index in [1.807, 2.05) is 65.6 Å². The lowest BCUT2D eigenvalue weighted by molar-refractivity contribution is -0.139. The summed E-state index contributed by atoms with van der Waals surface area (Å²) < 4.78 is 0. The van der Waals surface area contributed by atoms with Gasteiger partial charge in [0.05, 0.1) is 12.8 Å². The van der Waals surface area contributed by atoms with Crippen LogP contribution in [0.1, 0.15) is 36.1 Å². The molecule has 0 aliphatic carbocycles. The van der Waals surface area contributed by atoms with Crippen LogP contribution in [-0.2, 0) is 9.59 Å². The van der Waals surface area contributed by atoms with Gasteiger partial charge in [-0.25, -0.2) is 0 Å². The maximum Gasteiger partial charge on any atom is 0.305 e. The first-order valence-corrected chi connectivity index (χ1v) is 8.52. The number of carbonyl (C=O) groups is 2. The molecule has 0 fully saturated rings. The van der Waals surface area contributed by atoms with Crippen molar-refractivity contribution in [2.45, 2.75) is 24.9 Å². The number of nitrogens with zero attached hydrogens (tertiary/aromatic N) is 1. The minimum absolute atomic E-state index is 0.132. The minimum Gasteiger partial charge on any atom is -0.481 e. The second-order valence-electron chi connectivity index (χ2n) is 6.08. The van der Waals surface area contributed by atoms with Crippen molar-refractivity contribution in [2.24, 2.45) is 5.73 Å². The normalized spacial score (nSPS) is 13.3. The van der Waals surface area contributed by atoms with Crippen LogP contribution < -0.4 is 5.73 Å². The summed E-state index contributed by atoms with van der Waals surface area (Å²) in [7, 11) is 0. The van der Waals surface area contributed by atoms with Gasteiger partial charge in [0.1, 0.15) is 0 Å². The van der Waals surface area contributed by atoms with E-state index in [1.165, 1.54) is 0 Å². The molecule has 0 amide bonds. The first-order valence-electron chi connectivity index (χ1n) is 8.52. The van der Waals surface area contributed by atoms with Crippen LogP contribution in [0.3, 0.4) is 0 Å². The highest BCUT2D eigenvalue weighted by molar-refractivity contribution is 5.69. The van der Waals surface area contributed by atoms with Gasteiger partial charge in [0.2, 0.25) is 0 Å². The summed E-state index contributed by atoms with van der Waals surface area (Å²) in [6, 6.07) is 17.6. The molecule has 0 spiro atoms. The summed E-state index contributed by atoms with van der Waals surface area (Å²) in [6.07, 6.45) is -0.264. The molecule has 26 heavy (non-hydrogen) atoms. The molecule has 2 unspecified atom stereocenters. The van der Waals surface area contributed by atoms with E-state index in [4.69, 9.17) is 5.73 Å². The van der Waals surface area contributed by atoms with E-state index in [2.05, 4.69) is 0 Å². The van der Waals surface area contributed by atoms with Gasteiger partial charge in [0.15, 0.2) is 0 Å². The van der Waals surface area contributed by atoms with E-state index < -0.39 is 24.0 Å². The second kappa shape index (κ2) is 9.70. The molecule has 2 aromatic rings. The van der Waals surface area contributed by atoms with E-state index in [0.717, 1.165) is 11.1 Å². The number of hydrogen-bond acceptors (Lipinski definition) is 4. The predicted octanol–water partition coefficient (Wildman–Crippen LogP) is 2.68. The Morgan fingerprint density at radius 1 is 0.808 bits per heavy atom. The molecular formula is C20H24N2O4. The Hall–Kier alpha value is -2.70. The summed E-state index contributed by atoms with van der Waals surface area (Å²) in [5, 5.41) is 18.8. The van der Waals surface area contributed by atoms with E-state index in [-0.39, 0.29) is 12.8 Å². The number of hydrogen-bond donors (Lipinski definition) is 3. The number of carboxylic acids is 2. The van der Waals surface area contributed by atoms with Gasteiger partial charge in [0, 0.05) is 25.2 Å². The third-order valence-corrected chi connectivity index (χ3v) is 4.29. The molecule has 6 nitrogen and oxygen atoms in total. The molecule has 2 rings (SSSR count). The fraction of sp³-hybridized carbons (Fsp3) is 0.300. The van der Waals surface area contributed by atoms with Crippen LogP contribution in [0.5, 0.6) is 0 Å². The minimum atomic E-state index is -0.942. The lowest BCUT2D eigenvalue weighted by atomic mass is 9.95. The Balaban J connectivity index is 2.48. The molecule has 0 radical (unpaired) electrons. The molecule has 0 aromatic heterocycles. The third-order valence-electron chi connectivity index (χ3n) is 4.29. The lowest BCUT2D eigenvalue weighted by Crippen LogP contribution is -2.38. The summed E-state index contributed by atoms with van der Waals surface area (Å²) >= 11 is 0. The van der Waals surface area contributed by atoms with Crippen LogP contribution in [0.4, 0.5) is 0 Å². The number of aliphatic carboxylic acids is 2. The fourth-order valence-electron chi connectivity index (χ4n) is 3.21. The zero-order chi connectivity index (χ0) is 18.9. The fourth-order valence-corrected chi connectivity index (χ4v) is 3.21. The van der Waals surface area contributed by atoms with Crippen molar-refractivity contribution >= 4 is 11.9 Å². The van der Waals surface area contributed by atoms with Gasteiger partial charge in [0.25, 0.3) is 0 Å². The van der Waals surface area contributed by atoms with E-state index in [0.29, 0.717) is 13.1 Å².